The molecule has 0 aromatic heterocycles. The van der Waals surface area contributed by atoms with Crippen LogP contribution < -0.4 is 14.8 Å². The van der Waals surface area contributed by atoms with Gasteiger partial charge in [0.05, 0.1) is 24.6 Å². The fourth-order valence-electron chi connectivity index (χ4n) is 4.71. The van der Waals surface area contributed by atoms with E-state index >= 15 is 0 Å². The number of oxime groups is 1. The highest BCUT2D eigenvalue weighted by Crippen LogP contribution is 2.42. The van der Waals surface area contributed by atoms with Crippen LogP contribution in [0, 0.1) is 11.7 Å². The molecule has 2 atom stereocenters. The molecule has 10 heteroatoms. The van der Waals surface area contributed by atoms with Crippen LogP contribution in [-0.2, 0) is 27.5 Å². The first kappa shape index (κ1) is 23.6. The van der Waals surface area contributed by atoms with Crippen LogP contribution in [0.15, 0.2) is 71.5 Å². The molecular weight excluding hydrogens is 469 g/mol. The number of para-hydroxylation sites is 1. The van der Waals surface area contributed by atoms with Crippen LogP contribution in [-0.4, -0.2) is 46.6 Å². The number of rotatable bonds is 6. The van der Waals surface area contributed by atoms with Crippen LogP contribution in [0.5, 0.6) is 11.5 Å². The van der Waals surface area contributed by atoms with E-state index in [0.717, 1.165) is 0 Å². The Morgan fingerprint density at radius 2 is 2.14 bits per heavy atom. The van der Waals surface area contributed by atoms with Gasteiger partial charge in [-0.05, 0) is 43.3 Å². The molecule has 5 rings (SSSR count). The van der Waals surface area contributed by atoms with Crippen molar-refractivity contribution in [3.8, 4) is 11.5 Å². The van der Waals surface area contributed by atoms with Crippen molar-refractivity contribution in [1.82, 2.24) is 10.2 Å². The van der Waals surface area contributed by atoms with Crippen LogP contribution >= 0.6 is 0 Å². The highest BCUT2D eigenvalue weighted by atomic mass is 19.1. The summed E-state index contributed by atoms with van der Waals surface area (Å²) in [6, 6.07) is 11.6. The van der Waals surface area contributed by atoms with Gasteiger partial charge in [-0.15, -0.1) is 0 Å². The van der Waals surface area contributed by atoms with Crippen molar-refractivity contribution in [1.29, 1.82) is 0 Å². The van der Waals surface area contributed by atoms with Gasteiger partial charge in [0.2, 0.25) is 0 Å². The maximum Gasteiger partial charge on any atom is 0.273 e. The topological polar surface area (TPSA) is 110 Å². The molecule has 36 heavy (non-hydrogen) atoms. The minimum absolute atomic E-state index is 0.0235. The van der Waals surface area contributed by atoms with Crippen molar-refractivity contribution in [3.05, 3.63) is 83.3 Å². The molecule has 1 saturated heterocycles. The summed E-state index contributed by atoms with van der Waals surface area (Å²) >= 11 is 0. The molecule has 2 unspecified atom stereocenters. The molecule has 0 saturated carbocycles. The molecule has 186 valence electrons. The summed E-state index contributed by atoms with van der Waals surface area (Å²) in [5.41, 5.74) is 0.484. The Labute approximate surface area is 206 Å². The largest absolute Gasteiger partial charge is 0.484 e. The maximum atomic E-state index is 14.3. The average Bonchev–Trinajstić information content (AvgIpc) is 3.08. The number of allylic oxidation sites excluding steroid dienone is 1. The number of halogens is 1. The lowest BCUT2D eigenvalue weighted by molar-refractivity contribution is -0.126. The lowest BCUT2D eigenvalue weighted by Crippen LogP contribution is -2.46. The lowest BCUT2D eigenvalue weighted by atomic mass is 9.81. The van der Waals surface area contributed by atoms with E-state index in [9.17, 15) is 19.2 Å². The van der Waals surface area contributed by atoms with E-state index in [1.807, 2.05) is 13.0 Å². The van der Waals surface area contributed by atoms with Crippen molar-refractivity contribution in [3.63, 3.8) is 0 Å². The van der Waals surface area contributed by atoms with E-state index in [4.69, 9.17) is 14.2 Å². The highest BCUT2D eigenvalue weighted by molar-refractivity contribution is 6.42. The molecule has 3 aliphatic rings. The minimum atomic E-state index is -0.919. The van der Waals surface area contributed by atoms with Crippen LogP contribution in [0.25, 0.3) is 0 Å². The van der Waals surface area contributed by atoms with E-state index in [1.54, 1.807) is 42.5 Å². The molecule has 2 heterocycles. The Bertz CT molecular complexity index is 1290. The summed E-state index contributed by atoms with van der Waals surface area (Å²) in [6.07, 6.45) is 5.11. The van der Waals surface area contributed by atoms with Gasteiger partial charge in [-0.3, -0.25) is 9.59 Å². The molecule has 0 bridgehead atoms. The molecule has 2 aromatic rings. The minimum Gasteiger partial charge on any atom is -0.484 e. The van der Waals surface area contributed by atoms with Crippen molar-refractivity contribution in [2.45, 2.75) is 25.6 Å². The van der Waals surface area contributed by atoms with Gasteiger partial charge in [0.15, 0.2) is 19.1 Å². The van der Waals surface area contributed by atoms with Gasteiger partial charge in [-0.1, -0.05) is 29.4 Å². The Morgan fingerprint density at radius 1 is 1.33 bits per heavy atom. The molecule has 1 aliphatic carbocycles. The third kappa shape index (κ3) is 4.31. The first-order valence-electron chi connectivity index (χ1n) is 11.3. The maximum absolute atomic E-state index is 14.3. The predicted octanol–water partition coefficient (Wildman–Crippen LogP) is 2.89. The molecule has 2 aromatic carbocycles. The summed E-state index contributed by atoms with van der Waals surface area (Å²) in [5.74, 6) is -0.964. The number of carbonyl (C=O) groups is 2. The normalized spacial score (nSPS) is 23.6. The number of benzene rings is 2. The average molecular weight is 493 g/mol. The number of hydrogen-bond donors (Lipinski definition) is 2. The number of nitrogens with zero attached hydrogens (tertiary/aromatic N) is 2. The zero-order valence-electron chi connectivity index (χ0n) is 19.4. The molecular formula is C26H24FN3O6. The summed E-state index contributed by atoms with van der Waals surface area (Å²) in [5, 5.41) is 15.7. The van der Waals surface area contributed by atoms with Gasteiger partial charge in [0.25, 0.3) is 11.8 Å². The summed E-state index contributed by atoms with van der Waals surface area (Å²) in [7, 11) is 0. The lowest BCUT2D eigenvalue weighted by Gasteiger charge is -2.37. The molecule has 0 radical (unpaired) electrons. The van der Waals surface area contributed by atoms with Gasteiger partial charge in [-0.2, -0.15) is 0 Å². The fourth-order valence-corrected chi connectivity index (χ4v) is 4.71. The van der Waals surface area contributed by atoms with Crippen molar-refractivity contribution < 1.29 is 33.4 Å². The number of carbonyl (C=O) groups excluding carboxylic acids is 2. The van der Waals surface area contributed by atoms with Crippen molar-refractivity contribution in [2.24, 2.45) is 11.1 Å². The third-order valence-corrected chi connectivity index (χ3v) is 6.50. The van der Waals surface area contributed by atoms with Gasteiger partial charge in [0.1, 0.15) is 17.3 Å². The second-order valence-electron chi connectivity index (χ2n) is 8.85. The smallest absolute Gasteiger partial charge is 0.273 e. The highest BCUT2D eigenvalue weighted by Gasteiger charge is 2.53. The summed E-state index contributed by atoms with van der Waals surface area (Å²) in [4.78, 5) is 27.2. The van der Waals surface area contributed by atoms with Crippen LogP contribution in [0.2, 0.25) is 0 Å². The standard InChI is InChI=1S/C26H24FN3O6/c1-26-8-7-19(28-22(31)14-35-20-5-3-2-4-6-20)11-21(26)23(29-33)25(32)30(26)12-16-9-18(27)10-17-13-34-15-36-24(16)17/h2-11,21,33H,12-15H2,1H3,(H,28,31)/b29-23-. The van der Waals surface area contributed by atoms with Crippen LogP contribution in [0.3, 0.4) is 0 Å². The molecule has 1 fully saturated rings. The summed E-state index contributed by atoms with van der Waals surface area (Å²) in [6.45, 7) is 1.88. The zero-order chi connectivity index (χ0) is 25.3. The molecule has 2 aliphatic heterocycles. The van der Waals surface area contributed by atoms with E-state index < -0.39 is 23.2 Å². The third-order valence-electron chi connectivity index (χ3n) is 6.50. The second-order valence-corrected chi connectivity index (χ2v) is 8.85. The Kier molecular flexibility index (Phi) is 6.19. The number of likely N-dealkylation sites (tertiary alicyclic amines) is 1. The number of fused-ring (bicyclic) bond motifs is 2. The fraction of sp³-hybridized carbons (Fsp3) is 0.269. The van der Waals surface area contributed by atoms with E-state index in [1.165, 1.54) is 17.0 Å². The number of ether oxygens (including phenoxy) is 3. The predicted molar refractivity (Wildman–Crippen MR) is 126 cm³/mol. The monoisotopic (exact) mass is 493 g/mol. The Hall–Kier alpha value is -4.18. The van der Waals surface area contributed by atoms with Crippen molar-refractivity contribution >= 4 is 17.5 Å². The number of nitrogens with one attached hydrogen (secondary N) is 1. The van der Waals surface area contributed by atoms with E-state index in [-0.39, 0.29) is 38.2 Å². The molecule has 2 amide bonds. The molecule has 2 N–H and O–H groups in total. The van der Waals surface area contributed by atoms with Crippen LogP contribution in [0.1, 0.15) is 18.1 Å². The number of hydrogen-bond acceptors (Lipinski definition) is 7. The van der Waals surface area contributed by atoms with Gasteiger partial charge < -0.3 is 29.6 Å². The quantitative estimate of drug-likeness (QED) is 0.473. The van der Waals surface area contributed by atoms with Gasteiger partial charge >= 0.3 is 0 Å². The number of amides is 2. The van der Waals surface area contributed by atoms with E-state index in [2.05, 4.69) is 10.5 Å². The van der Waals surface area contributed by atoms with Crippen molar-refractivity contribution in [2.75, 3.05) is 13.4 Å². The Balaban J connectivity index is 1.35. The summed E-state index contributed by atoms with van der Waals surface area (Å²) < 4.78 is 30.6. The van der Waals surface area contributed by atoms with E-state index in [0.29, 0.717) is 28.3 Å². The van der Waals surface area contributed by atoms with Gasteiger partial charge in [-0.25, -0.2) is 4.39 Å². The second kappa shape index (κ2) is 9.46. The first-order chi connectivity index (χ1) is 17.4. The molecule has 0 spiro atoms. The van der Waals surface area contributed by atoms with Gasteiger partial charge in [0, 0.05) is 16.8 Å². The van der Waals surface area contributed by atoms with Crippen LogP contribution in [0.4, 0.5) is 4.39 Å². The molecule has 9 nitrogen and oxygen atoms in total. The first-order valence-corrected chi connectivity index (χ1v) is 11.3. The SMILES string of the molecule is CC12C=CC(NC(=O)COc3ccccc3)=CC1/C(=N/O)C(=O)N2Cc1cc(F)cc2c1OCOC2. The Morgan fingerprint density at radius 3 is 2.92 bits per heavy atom. The zero-order valence-corrected chi connectivity index (χ0v) is 19.4.